The van der Waals surface area contributed by atoms with E-state index in [9.17, 15) is 8.42 Å². The smallest absolute Gasteiger partial charge is 0.320 e. The molecule has 1 rings (SSSR count). The monoisotopic (exact) mass is 182 g/mol. The largest absolute Gasteiger partial charge is 0.360 e. The van der Waals surface area contributed by atoms with Crippen molar-refractivity contribution in [2.24, 2.45) is 5.73 Å². The average Bonchev–Trinajstić information content (AvgIpc) is 1.79. The molecule has 0 amide bonds. The third-order valence-corrected chi connectivity index (χ3v) is 2.75. The minimum Gasteiger partial charge on any atom is -0.320 e. The molecule has 0 aromatic heterocycles. The molecule has 1 aliphatic heterocycles. The Kier molecular flexibility index (Phi) is 1.67. The van der Waals surface area contributed by atoms with Crippen molar-refractivity contribution < 1.29 is 13.0 Å². The molecular weight excluding hydrogens is 176 g/mol. The molecule has 10 heavy (non-hydrogen) atoms. The molecule has 3 N–H and O–H groups in total. The Morgan fingerprint density at radius 1 is 1.80 bits per heavy atom. The van der Waals surface area contributed by atoms with Crippen molar-refractivity contribution in [2.75, 3.05) is 6.54 Å². The van der Waals surface area contributed by atoms with Crippen molar-refractivity contribution in [3.8, 4) is 0 Å². The molecule has 1 aliphatic rings. The fourth-order valence-corrected chi connectivity index (χ4v) is 1.77. The minimum atomic E-state index is -4.14. The molecule has 0 radical (unpaired) electrons. The zero-order chi connectivity index (χ0) is 7.94. The first kappa shape index (κ1) is 7.86. The van der Waals surface area contributed by atoms with E-state index in [0.717, 1.165) is 0 Å². The Balaban J connectivity index is 2.75. The molecule has 0 aromatic carbocycles. The maximum Gasteiger partial charge on any atom is 0.360 e. The van der Waals surface area contributed by atoms with E-state index < -0.39 is 16.3 Å². The van der Waals surface area contributed by atoms with Gasteiger partial charge in [0.2, 0.25) is 0 Å². The molecule has 7 heteroatoms. The Morgan fingerprint density at radius 3 is 2.40 bits per heavy atom. The normalized spacial score (nSPS) is 26.4. The molecule has 0 unspecified atom stereocenters. The molecule has 0 spiro atoms. The first-order chi connectivity index (χ1) is 4.43. The lowest BCUT2D eigenvalue weighted by molar-refractivity contribution is 0.386. The summed E-state index contributed by atoms with van der Waals surface area (Å²) in [4.78, 5) is 0.0718. The lowest BCUT2D eigenvalue weighted by atomic mass is 10.2. The topological polar surface area (TPSA) is 83.6 Å². The van der Waals surface area contributed by atoms with Crippen LogP contribution in [-0.4, -0.2) is 34.9 Å². The summed E-state index contributed by atoms with van der Waals surface area (Å²) in [7, 11) is -4.14. The second-order valence-electron chi connectivity index (χ2n) is 1.95. The Hall–Kier alpha value is -0.240. The third kappa shape index (κ3) is 1.12. The van der Waals surface area contributed by atoms with Crippen LogP contribution in [0, 0.1) is 0 Å². The summed E-state index contributed by atoms with van der Waals surface area (Å²) in [5.41, 5.74) is 5.25. The number of rotatable bonds is 1. The minimum absolute atomic E-state index is 0.0718. The van der Waals surface area contributed by atoms with E-state index in [-0.39, 0.29) is 11.5 Å². The number of nitrogens with zero attached hydrogens (tertiary/aromatic N) is 1. The van der Waals surface area contributed by atoms with Crippen LogP contribution in [-0.2, 0) is 10.3 Å². The van der Waals surface area contributed by atoms with Crippen LogP contribution in [0.25, 0.3) is 0 Å². The predicted molar refractivity (Wildman–Crippen MR) is 38.8 cm³/mol. The van der Waals surface area contributed by atoms with Gasteiger partial charge in [-0.2, -0.15) is 8.42 Å². The summed E-state index contributed by atoms with van der Waals surface area (Å²) in [6.45, 7) is 0.0810. The summed E-state index contributed by atoms with van der Waals surface area (Å²) in [5, 5.41) is 0. The molecule has 0 aromatic rings. The fourth-order valence-electron chi connectivity index (χ4n) is 0.627. The summed E-state index contributed by atoms with van der Waals surface area (Å²) < 4.78 is 29.7. The van der Waals surface area contributed by atoms with Crippen molar-refractivity contribution in [2.45, 2.75) is 6.04 Å². The van der Waals surface area contributed by atoms with Gasteiger partial charge in [-0.25, -0.2) is 4.31 Å². The van der Waals surface area contributed by atoms with Crippen LogP contribution >= 0.6 is 12.2 Å². The highest BCUT2D eigenvalue weighted by Crippen LogP contribution is 2.13. The molecule has 1 heterocycles. The van der Waals surface area contributed by atoms with Crippen LogP contribution in [0.4, 0.5) is 0 Å². The van der Waals surface area contributed by atoms with E-state index in [4.69, 9.17) is 10.3 Å². The van der Waals surface area contributed by atoms with Crippen LogP contribution in [0.2, 0.25) is 0 Å². The van der Waals surface area contributed by atoms with E-state index in [1.54, 1.807) is 0 Å². The zero-order valence-corrected chi connectivity index (χ0v) is 6.52. The molecule has 0 aliphatic carbocycles. The van der Waals surface area contributed by atoms with Crippen LogP contribution in [0.15, 0.2) is 0 Å². The van der Waals surface area contributed by atoms with Gasteiger partial charge in [0.25, 0.3) is 0 Å². The van der Waals surface area contributed by atoms with Gasteiger partial charge >= 0.3 is 10.3 Å². The second kappa shape index (κ2) is 2.12. The van der Waals surface area contributed by atoms with E-state index in [1.807, 2.05) is 0 Å². The number of hydrogen-bond acceptors (Lipinski definition) is 4. The van der Waals surface area contributed by atoms with Crippen molar-refractivity contribution >= 4 is 27.5 Å². The van der Waals surface area contributed by atoms with Gasteiger partial charge in [-0.15, -0.1) is 0 Å². The van der Waals surface area contributed by atoms with Gasteiger partial charge in [-0.05, 0) is 0 Å². The first-order valence-corrected chi connectivity index (χ1v) is 4.28. The number of thiocarbonyl (C=S) groups is 1. The molecule has 58 valence electrons. The molecule has 1 fully saturated rings. The summed E-state index contributed by atoms with van der Waals surface area (Å²) in [6, 6.07) is -0.406. The molecular formula is C3H6N2O3S2. The summed E-state index contributed by atoms with van der Waals surface area (Å²) in [5.74, 6) is 0. The highest BCUT2D eigenvalue weighted by molar-refractivity contribution is 7.87. The third-order valence-electron chi connectivity index (χ3n) is 1.20. The van der Waals surface area contributed by atoms with Crippen LogP contribution in [0.3, 0.4) is 0 Å². The van der Waals surface area contributed by atoms with Gasteiger partial charge in [0.05, 0.1) is 12.6 Å². The lowest BCUT2D eigenvalue weighted by Gasteiger charge is -2.35. The zero-order valence-electron chi connectivity index (χ0n) is 4.89. The lowest BCUT2D eigenvalue weighted by Crippen LogP contribution is -2.61. The predicted octanol–water partition coefficient (Wildman–Crippen LogP) is -1.24. The maximum atomic E-state index is 10.3. The van der Waals surface area contributed by atoms with Gasteiger partial charge in [-0.3, -0.25) is 4.55 Å². The highest BCUT2D eigenvalue weighted by Gasteiger charge is 2.37. The second-order valence-corrected chi connectivity index (χ2v) is 3.71. The molecule has 1 saturated heterocycles. The Labute approximate surface area is 63.7 Å². The van der Waals surface area contributed by atoms with Crippen molar-refractivity contribution in [3.63, 3.8) is 0 Å². The van der Waals surface area contributed by atoms with Crippen molar-refractivity contribution in [1.82, 2.24) is 4.31 Å². The van der Waals surface area contributed by atoms with Gasteiger partial charge < -0.3 is 5.73 Å². The number of nitrogens with two attached hydrogens (primary N) is 1. The van der Waals surface area contributed by atoms with E-state index >= 15 is 0 Å². The first-order valence-electron chi connectivity index (χ1n) is 2.47. The van der Waals surface area contributed by atoms with Gasteiger partial charge in [0.1, 0.15) is 4.99 Å². The van der Waals surface area contributed by atoms with E-state index in [1.165, 1.54) is 0 Å². The molecule has 0 saturated carbocycles. The van der Waals surface area contributed by atoms with Crippen molar-refractivity contribution in [3.05, 3.63) is 0 Å². The molecule has 0 bridgehead atoms. The summed E-state index contributed by atoms with van der Waals surface area (Å²) >= 11 is 4.54. The van der Waals surface area contributed by atoms with Gasteiger partial charge in [0.15, 0.2) is 0 Å². The SMILES string of the molecule is N[C@H]1CN(S(=O)(=O)O)C1=S. The van der Waals surface area contributed by atoms with Crippen molar-refractivity contribution in [1.29, 1.82) is 0 Å². The fraction of sp³-hybridized carbons (Fsp3) is 0.667. The molecule has 1 atom stereocenters. The van der Waals surface area contributed by atoms with Crippen LogP contribution in [0.1, 0.15) is 0 Å². The van der Waals surface area contributed by atoms with E-state index in [0.29, 0.717) is 4.31 Å². The van der Waals surface area contributed by atoms with Crippen LogP contribution in [0.5, 0.6) is 0 Å². The standard InChI is InChI=1S/C3H6N2O3S2/c4-2-1-5(3(2)9)10(6,7)8/h2H,1,4H2,(H,6,7,8)/t2-/m0/s1. The molecule has 5 nitrogen and oxygen atoms in total. The van der Waals surface area contributed by atoms with Crippen LogP contribution < -0.4 is 5.73 Å². The van der Waals surface area contributed by atoms with Gasteiger partial charge in [0, 0.05) is 0 Å². The highest BCUT2D eigenvalue weighted by atomic mass is 32.2. The Morgan fingerprint density at radius 2 is 2.30 bits per heavy atom. The maximum absolute atomic E-state index is 10.3. The quantitative estimate of drug-likeness (QED) is 0.391. The number of hydrogen-bond donors (Lipinski definition) is 2. The van der Waals surface area contributed by atoms with E-state index in [2.05, 4.69) is 12.2 Å². The summed E-state index contributed by atoms with van der Waals surface area (Å²) in [6.07, 6.45) is 0. The van der Waals surface area contributed by atoms with Gasteiger partial charge in [-0.1, -0.05) is 12.2 Å². The average molecular weight is 182 g/mol. The Bertz CT molecular complexity index is 259.